The minimum absolute atomic E-state index is 0.354. The third kappa shape index (κ3) is 7.83. The second kappa shape index (κ2) is 10.7. The van der Waals surface area contributed by atoms with Gasteiger partial charge in [0.2, 0.25) is 0 Å². The number of aliphatic imine (C=N–C) groups is 1. The van der Waals surface area contributed by atoms with E-state index in [1.165, 1.54) is 11.8 Å². The van der Waals surface area contributed by atoms with Gasteiger partial charge in [0, 0.05) is 25.9 Å². The van der Waals surface area contributed by atoms with Gasteiger partial charge in [-0.2, -0.15) is 0 Å². The summed E-state index contributed by atoms with van der Waals surface area (Å²) in [6.45, 7) is 4.37. The molecule has 5 nitrogen and oxygen atoms in total. The van der Waals surface area contributed by atoms with Gasteiger partial charge in [0.1, 0.15) is 0 Å². The Bertz CT molecular complexity index is 816. The monoisotopic (exact) mass is 387 g/mol. The molecule has 0 saturated heterocycles. The van der Waals surface area contributed by atoms with Gasteiger partial charge in [-0.05, 0) is 49.4 Å². The molecule has 0 bridgehead atoms. The van der Waals surface area contributed by atoms with Crippen LogP contribution < -0.4 is 10.6 Å². The number of rotatable bonds is 9. The fourth-order valence-electron chi connectivity index (χ4n) is 2.69. The van der Waals surface area contributed by atoms with E-state index in [-0.39, 0.29) is 0 Å². The standard InChI is InChI=1S/C21H29N3O2S/c1-3-22-21(23-16-7-10-18-8-5-4-6-9-18)24-17-15-19-11-13-20(14-12-19)27(2,25)26/h4-6,8-9,11-14H,3,7,10,15-17H2,1-2H3,(H2,22,23,24). The largest absolute Gasteiger partial charge is 0.357 e. The van der Waals surface area contributed by atoms with Gasteiger partial charge >= 0.3 is 0 Å². The van der Waals surface area contributed by atoms with Gasteiger partial charge in [-0.3, -0.25) is 4.99 Å². The first-order valence-electron chi connectivity index (χ1n) is 9.34. The second-order valence-electron chi connectivity index (χ2n) is 6.44. The van der Waals surface area contributed by atoms with E-state index in [9.17, 15) is 8.42 Å². The number of sulfone groups is 1. The molecule has 0 atom stereocenters. The molecule has 0 amide bonds. The molecule has 0 unspecified atom stereocenters. The second-order valence-corrected chi connectivity index (χ2v) is 8.46. The Hall–Kier alpha value is -2.34. The molecule has 2 rings (SSSR count). The molecule has 27 heavy (non-hydrogen) atoms. The van der Waals surface area contributed by atoms with E-state index in [2.05, 4.69) is 39.9 Å². The third-order valence-electron chi connectivity index (χ3n) is 4.14. The molecule has 0 aliphatic carbocycles. The summed E-state index contributed by atoms with van der Waals surface area (Å²) in [5, 5.41) is 6.59. The highest BCUT2D eigenvalue weighted by molar-refractivity contribution is 7.90. The zero-order chi connectivity index (χ0) is 19.5. The van der Waals surface area contributed by atoms with Crippen molar-refractivity contribution in [3.05, 3.63) is 65.7 Å². The van der Waals surface area contributed by atoms with Crippen molar-refractivity contribution in [2.24, 2.45) is 4.99 Å². The Balaban J connectivity index is 1.78. The number of guanidine groups is 1. The third-order valence-corrected chi connectivity index (χ3v) is 5.27. The van der Waals surface area contributed by atoms with E-state index in [0.29, 0.717) is 4.90 Å². The van der Waals surface area contributed by atoms with Crippen molar-refractivity contribution < 1.29 is 8.42 Å². The summed E-state index contributed by atoms with van der Waals surface area (Å²) in [5.74, 6) is 0.818. The van der Waals surface area contributed by atoms with Crippen LogP contribution in [0.2, 0.25) is 0 Å². The quantitative estimate of drug-likeness (QED) is 0.394. The van der Waals surface area contributed by atoms with Crippen molar-refractivity contribution in [2.75, 3.05) is 25.9 Å². The Kier molecular flexibility index (Phi) is 8.33. The lowest BCUT2D eigenvalue weighted by atomic mass is 10.1. The minimum atomic E-state index is -3.14. The molecular formula is C21H29N3O2S. The van der Waals surface area contributed by atoms with Crippen LogP contribution in [0.3, 0.4) is 0 Å². The maximum Gasteiger partial charge on any atom is 0.191 e. The lowest BCUT2D eigenvalue weighted by Gasteiger charge is -2.11. The van der Waals surface area contributed by atoms with Crippen LogP contribution in [0.15, 0.2) is 64.5 Å². The molecule has 2 aromatic carbocycles. The highest BCUT2D eigenvalue weighted by Gasteiger charge is 2.06. The molecule has 0 aliphatic heterocycles. The maximum absolute atomic E-state index is 11.5. The van der Waals surface area contributed by atoms with Crippen LogP contribution >= 0.6 is 0 Å². The van der Waals surface area contributed by atoms with Gasteiger partial charge < -0.3 is 10.6 Å². The molecular weight excluding hydrogens is 358 g/mol. The number of hydrogen-bond acceptors (Lipinski definition) is 3. The molecule has 2 N–H and O–H groups in total. The first-order chi connectivity index (χ1) is 13.0. The van der Waals surface area contributed by atoms with Crippen molar-refractivity contribution in [3.8, 4) is 0 Å². The molecule has 146 valence electrons. The Morgan fingerprint density at radius 3 is 2.22 bits per heavy atom. The first-order valence-corrected chi connectivity index (χ1v) is 11.2. The SMILES string of the molecule is CCNC(=NCCCc1ccccc1)NCCc1ccc(S(C)(=O)=O)cc1. The number of benzene rings is 2. The van der Waals surface area contributed by atoms with Gasteiger partial charge in [0.25, 0.3) is 0 Å². The lowest BCUT2D eigenvalue weighted by Crippen LogP contribution is -2.38. The number of nitrogens with one attached hydrogen (secondary N) is 2. The summed E-state index contributed by atoms with van der Waals surface area (Å²) in [6, 6.07) is 17.5. The summed E-state index contributed by atoms with van der Waals surface area (Å²) in [6.07, 6.45) is 4.06. The summed E-state index contributed by atoms with van der Waals surface area (Å²) in [5.41, 5.74) is 2.43. The summed E-state index contributed by atoms with van der Waals surface area (Å²) in [7, 11) is -3.14. The summed E-state index contributed by atoms with van der Waals surface area (Å²) >= 11 is 0. The Morgan fingerprint density at radius 2 is 1.59 bits per heavy atom. The van der Waals surface area contributed by atoms with Crippen molar-refractivity contribution in [1.29, 1.82) is 0 Å². The number of hydrogen-bond donors (Lipinski definition) is 2. The van der Waals surface area contributed by atoms with Crippen molar-refractivity contribution >= 4 is 15.8 Å². The van der Waals surface area contributed by atoms with Crippen LogP contribution in [-0.4, -0.2) is 40.3 Å². The average molecular weight is 388 g/mol. The van der Waals surface area contributed by atoms with Crippen LogP contribution in [0.4, 0.5) is 0 Å². The van der Waals surface area contributed by atoms with E-state index in [1.54, 1.807) is 12.1 Å². The predicted molar refractivity (Wildman–Crippen MR) is 112 cm³/mol. The van der Waals surface area contributed by atoms with E-state index >= 15 is 0 Å². The molecule has 0 aliphatic rings. The molecule has 0 aromatic heterocycles. The Morgan fingerprint density at radius 1 is 0.926 bits per heavy atom. The van der Waals surface area contributed by atoms with Crippen molar-refractivity contribution in [2.45, 2.75) is 31.1 Å². The van der Waals surface area contributed by atoms with E-state index < -0.39 is 9.84 Å². The van der Waals surface area contributed by atoms with Crippen LogP contribution in [-0.2, 0) is 22.7 Å². The van der Waals surface area contributed by atoms with Crippen LogP contribution in [0.5, 0.6) is 0 Å². The lowest BCUT2D eigenvalue weighted by molar-refractivity contribution is 0.602. The van der Waals surface area contributed by atoms with Gasteiger partial charge in [-0.25, -0.2) is 8.42 Å². The fraction of sp³-hybridized carbons (Fsp3) is 0.381. The highest BCUT2D eigenvalue weighted by Crippen LogP contribution is 2.10. The van der Waals surface area contributed by atoms with Crippen LogP contribution in [0.25, 0.3) is 0 Å². The van der Waals surface area contributed by atoms with Gasteiger partial charge in [0.05, 0.1) is 4.90 Å². The number of nitrogens with zero attached hydrogens (tertiary/aromatic N) is 1. The number of aryl methyl sites for hydroxylation is 1. The molecule has 0 radical (unpaired) electrons. The Labute approximate surface area is 162 Å². The zero-order valence-electron chi connectivity index (χ0n) is 16.1. The van der Waals surface area contributed by atoms with E-state index in [0.717, 1.165) is 50.4 Å². The normalized spacial score (nSPS) is 12.0. The predicted octanol–water partition coefficient (Wildman–Crippen LogP) is 2.82. The average Bonchev–Trinajstić information content (AvgIpc) is 2.66. The highest BCUT2D eigenvalue weighted by atomic mass is 32.2. The van der Waals surface area contributed by atoms with E-state index in [1.807, 2.05) is 25.1 Å². The molecule has 0 saturated carbocycles. The molecule has 0 fully saturated rings. The minimum Gasteiger partial charge on any atom is -0.357 e. The molecule has 6 heteroatoms. The first kappa shape index (κ1) is 21.0. The van der Waals surface area contributed by atoms with Crippen LogP contribution in [0, 0.1) is 0 Å². The molecule has 2 aromatic rings. The van der Waals surface area contributed by atoms with Crippen molar-refractivity contribution in [1.82, 2.24) is 10.6 Å². The topological polar surface area (TPSA) is 70.6 Å². The summed E-state index contributed by atoms with van der Waals surface area (Å²) in [4.78, 5) is 4.98. The molecule has 0 heterocycles. The van der Waals surface area contributed by atoms with Crippen LogP contribution in [0.1, 0.15) is 24.5 Å². The summed E-state index contributed by atoms with van der Waals surface area (Å²) < 4.78 is 23.0. The van der Waals surface area contributed by atoms with E-state index in [4.69, 9.17) is 0 Å². The van der Waals surface area contributed by atoms with Gasteiger partial charge in [0.15, 0.2) is 15.8 Å². The van der Waals surface area contributed by atoms with Crippen molar-refractivity contribution in [3.63, 3.8) is 0 Å². The smallest absolute Gasteiger partial charge is 0.191 e. The maximum atomic E-state index is 11.5. The fourth-order valence-corrected chi connectivity index (χ4v) is 3.32. The zero-order valence-corrected chi connectivity index (χ0v) is 16.9. The van der Waals surface area contributed by atoms with Gasteiger partial charge in [-0.1, -0.05) is 42.5 Å². The van der Waals surface area contributed by atoms with Gasteiger partial charge in [-0.15, -0.1) is 0 Å². The molecule has 0 spiro atoms.